The van der Waals surface area contributed by atoms with Gasteiger partial charge in [0.05, 0.1) is 23.7 Å². The van der Waals surface area contributed by atoms with Gasteiger partial charge in [-0.15, -0.1) is 0 Å². The number of carboxylic acids is 1. The Labute approximate surface area is 152 Å². The molecule has 9 nitrogen and oxygen atoms in total. The minimum atomic E-state index is -3.73. The van der Waals surface area contributed by atoms with Crippen molar-refractivity contribution >= 4 is 27.6 Å². The van der Waals surface area contributed by atoms with Crippen molar-refractivity contribution in [1.82, 2.24) is 9.62 Å². The van der Waals surface area contributed by atoms with Crippen LogP contribution in [0.4, 0.5) is 5.69 Å². The molecule has 0 unspecified atom stereocenters. The van der Waals surface area contributed by atoms with E-state index in [1.165, 1.54) is 33.2 Å². The van der Waals surface area contributed by atoms with Crippen LogP contribution in [0, 0.1) is 0 Å². The lowest BCUT2D eigenvalue weighted by Crippen LogP contribution is -2.41. The topological polar surface area (TPSA) is 116 Å². The van der Waals surface area contributed by atoms with Gasteiger partial charge in [0.1, 0.15) is 6.04 Å². The monoisotopic (exact) mass is 385 g/mol. The Hall–Kier alpha value is -2.17. The van der Waals surface area contributed by atoms with Crippen molar-refractivity contribution in [3.05, 3.63) is 23.8 Å². The zero-order valence-electron chi connectivity index (χ0n) is 14.9. The molecule has 0 saturated carbocycles. The molecule has 0 aromatic heterocycles. The summed E-state index contributed by atoms with van der Waals surface area (Å²) < 4.78 is 31.1. The Kier molecular flexibility index (Phi) is 6.21. The van der Waals surface area contributed by atoms with E-state index in [0.29, 0.717) is 32.0 Å². The Morgan fingerprint density at radius 1 is 1.27 bits per heavy atom. The lowest BCUT2D eigenvalue weighted by molar-refractivity contribution is -0.138. The van der Waals surface area contributed by atoms with Gasteiger partial charge in [0, 0.05) is 32.9 Å². The van der Waals surface area contributed by atoms with Crippen LogP contribution in [0.15, 0.2) is 23.1 Å². The van der Waals surface area contributed by atoms with Crippen molar-refractivity contribution in [1.29, 1.82) is 0 Å². The predicted molar refractivity (Wildman–Crippen MR) is 94.9 cm³/mol. The standard InChI is InChI=1S/C16H23N3O6S/c1-11(16(21)22)17-15(20)13-10-12(26(23,24)18(2)3)4-5-14(13)19-6-8-25-9-7-19/h4-5,10-11H,6-9H2,1-3H3,(H,17,20)(H,21,22)/t11-/m1/s1. The van der Waals surface area contributed by atoms with Gasteiger partial charge in [-0.3, -0.25) is 9.59 Å². The van der Waals surface area contributed by atoms with Crippen LogP contribution < -0.4 is 10.2 Å². The van der Waals surface area contributed by atoms with E-state index in [4.69, 9.17) is 9.84 Å². The minimum absolute atomic E-state index is 0.0346. The number of sulfonamides is 1. The summed E-state index contributed by atoms with van der Waals surface area (Å²) in [6.07, 6.45) is 0. The summed E-state index contributed by atoms with van der Waals surface area (Å²) in [4.78, 5) is 25.5. The molecule has 1 heterocycles. The molecule has 10 heteroatoms. The number of hydrogen-bond donors (Lipinski definition) is 2. The highest BCUT2D eigenvalue weighted by molar-refractivity contribution is 7.89. The smallest absolute Gasteiger partial charge is 0.325 e. The van der Waals surface area contributed by atoms with Crippen LogP contribution in [0.25, 0.3) is 0 Å². The molecule has 26 heavy (non-hydrogen) atoms. The molecular weight excluding hydrogens is 362 g/mol. The van der Waals surface area contributed by atoms with Crippen molar-refractivity contribution < 1.29 is 27.9 Å². The largest absolute Gasteiger partial charge is 0.480 e. The summed E-state index contributed by atoms with van der Waals surface area (Å²) in [7, 11) is -0.931. The van der Waals surface area contributed by atoms with E-state index in [9.17, 15) is 18.0 Å². The second-order valence-corrected chi connectivity index (χ2v) is 8.25. The van der Waals surface area contributed by atoms with E-state index >= 15 is 0 Å². The normalized spacial score (nSPS) is 16.4. The van der Waals surface area contributed by atoms with Crippen molar-refractivity contribution in [3.63, 3.8) is 0 Å². The fourth-order valence-corrected chi connectivity index (χ4v) is 3.41. The highest BCUT2D eigenvalue weighted by Gasteiger charge is 2.25. The SMILES string of the molecule is C[C@@H](NC(=O)c1cc(S(=O)(=O)N(C)C)ccc1N1CCOCC1)C(=O)O. The predicted octanol–water partition coefficient (Wildman–Crippen LogP) is -0.0236. The maximum absolute atomic E-state index is 12.6. The maximum atomic E-state index is 12.6. The van der Waals surface area contributed by atoms with Crippen LogP contribution in [0.2, 0.25) is 0 Å². The summed E-state index contributed by atoms with van der Waals surface area (Å²) >= 11 is 0. The van der Waals surface area contributed by atoms with Crippen molar-refractivity contribution in [3.8, 4) is 0 Å². The number of nitrogens with zero attached hydrogens (tertiary/aromatic N) is 2. The first kappa shape index (κ1) is 20.1. The number of hydrogen-bond acceptors (Lipinski definition) is 6. The molecule has 1 fully saturated rings. The second-order valence-electron chi connectivity index (χ2n) is 6.10. The molecule has 1 atom stereocenters. The Bertz CT molecular complexity index is 787. The van der Waals surface area contributed by atoms with Crippen molar-refractivity contribution in [2.75, 3.05) is 45.3 Å². The number of benzene rings is 1. The summed E-state index contributed by atoms with van der Waals surface area (Å²) in [5.74, 6) is -1.82. The number of amides is 1. The number of carbonyl (C=O) groups is 2. The van der Waals surface area contributed by atoms with E-state index in [1.54, 1.807) is 6.07 Å². The third-order valence-electron chi connectivity index (χ3n) is 4.06. The second kappa shape index (κ2) is 8.02. The molecule has 0 spiro atoms. The van der Waals surface area contributed by atoms with Crippen LogP contribution in [0.3, 0.4) is 0 Å². The number of carboxylic acid groups (broad SMARTS) is 1. The number of nitrogens with one attached hydrogen (secondary N) is 1. The van der Waals surface area contributed by atoms with Gasteiger partial charge >= 0.3 is 5.97 Å². The molecule has 0 radical (unpaired) electrons. The van der Waals surface area contributed by atoms with Gasteiger partial charge in [0.25, 0.3) is 5.91 Å². The molecule has 1 saturated heterocycles. The van der Waals surface area contributed by atoms with Crippen molar-refractivity contribution in [2.45, 2.75) is 17.9 Å². The number of ether oxygens (including phenoxy) is 1. The van der Waals surface area contributed by atoms with Gasteiger partial charge in [0.15, 0.2) is 0 Å². The number of anilines is 1. The molecule has 0 bridgehead atoms. The summed E-state index contributed by atoms with van der Waals surface area (Å²) in [6.45, 7) is 3.42. The van der Waals surface area contributed by atoms with Crippen molar-refractivity contribution in [2.24, 2.45) is 0 Å². The van der Waals surface area contributed by atoms with Gasteiger partial charge in [0.2, 0.25) is 10.0 Å². The van der Waals surface area contributed by atoms with Gasteiger partial charge in [-0.1, -0.05) is 0 Å². The number of rotatable bonds is 6. The molecule has 0 aliphatic carbocycles. The minimum Gasteiger partial charge on any atom is -0.480 e. The number of morpholine rings is 1. The average Bonchev–Trinajstić information content (AvgIpc) is 2.61. The highest BCUT2D eigenvalue weighted by Crippen LogP contribution is 2.26. The molecule has 1 aliphatic heterocycles. The molecule has 144 valence electrons. The van der Waals surface area contributed by atoms with Gasteiger partial charge < -0.3 is 20.1 Å². The van der Waals surface area contributed by atoms with E-state index in [-0.39, 0.29) is 10.5 Å². The Morgan fingerprint density at radius 2 is 1.88 bits per heavy atom. The Morgan fingerprint density at radius 3 is 2.42 bits per heavy atom. The van der Waals surface area contributed by atoms with Crippen LogP contribution in [-0.2, 0) is 19.6 Å². The summed E-state index contributed by atoms with van der Waals surface area (Å²) in [5.41, 5.74) is 0.656. The zero-order chi connectivity index (χ0) is 19.5. The molecular formula is C16H23N3O6S. The molecule has 1 aromatic rings. The number of carbonyl (C=O) groups excluding carboxylic acids is 1. The summed E-state index contributed by atoms with van der Waals surface area (Å²) in [6, 6.07) is 3.19. The van der Waals surface area contributed by atoms with E-state index in [0.717, 1.165) is 4.31 Å². The first-order chi connectivity index (χ1) is 12.1. The van der Waals surface area contributed by atoms with Gasteiger partial charge in [-0.25, -0.2) is 12.7 Å². The first-order valence-electron chi connectivity index (χ1n) is 8.07. The third-order valence-corrected chi connectivity index (χ3v) is 5.87. The average molecular weight is 385 g/mol. The van der Waals surface area contributed by atoms with E-state index in [2.05, 4.69) is 5.32 Å². The zero-order valence-corrected chi connectivity index (χ0v) is 15.7. The quantitative estimate of drug-likeness (QED) is 0.707. The Balaban J connectivity index is 2.48. The molecule has 2 rings (SSSR count). The fourth-order valence-electron chi connectivity index (χ4n) is 2.48. The molecule has 2 N–H and O–H groups in total. The van der Waals surface area contributed by atoms with Crippen LogP contribution in [0.5, 0.6) is 0 Å². The van der Waals surface area contributed by atoms with Gasteiger partial charge in [-0.05, 0) is 25.1 Å². The van der Waals surface area contributed by atoms with Crippen LogP contribution in [-0.4, -0.2) is 76.1 Å². The third kappa shape index (κ3) is 4.32. The molecule has 1 aromatic carbocycles. The summed E-state index contributed by atoms with van der Waals surface area (Å²) in [5, 5.41) is 11.4. The van der Waals surface area contributed by atoms with Gasteiger partial charge in [-0.2, -0.15) is 0 Å². The van der Waals surface area contributed by atoms with Crippen LogP contribution >= 0.6 is 0 Å². The first-order valence-corrected chi connectivity index (χ1v) is 9.51. The highest BCUT2D eigenvalue weighted by atomic mass is 32.2. The maximum Gasteiger partial charge on any atom is 0.325 e. The van der Waals surface area contributed by atoms with E-state index < -0.39 is 27.9 Å². The van der Waals surface area contributed by atoms with Crippen LogP contribution in [0.1, 0.15) is 17.3 Å². The lowest BCUT2D eigenvalue weighted by atomic mass is 10.1. The molecule has 1 aliphatic rings. The van der Waals surface area contributed by atoms with E-state index in [1.807, 2.05) is 4.90 Å². The molecule has 1 amide bonds. The fraction of sp³-hybridized carbons (Fsp3) is 0.500. The number of aliphatic carboxylic acids is 1. The lowest BCUT2D eigenvalue weighted by Gasteiger charge is -2.30.